The second kappa shape index (κ2) is 5.60. The average Bonchev–Trinajstić information content (AvgIpc) is 2.27. The number of hydrogen-bond donors (Lipinski definition) is 0. The van der Waals surface area contributed by atoms with E-state index in [1.54, 1.807) is 12.1 Å². The maximum absolute atomic E-state index is 11.5. The second-order valence-corrected chi connectivity index (χ2v) is 4.47. The zero-order valence-electron chi connectivity index (χ0n) is 7.92. The van der Waals surface area contributed by atoms with Gasteiger partial charge in [0.2, 0.25) is 0 Å². The van der Waals surface area contributed by atoms with Crippen molar-refractivity contribution in [3.8, 4) is 5.75 Å². The van der Waals surface area contributed by atoms with E-state index in [1.807, 2.05) is 22.6 Å². The molecule has 0 aliphatic rings. The SMILES string of the molecule is COc1cc(I)c(C(=O)CBr)cc1C=O. The highest BCUT2D eigenvalue weighted by atomic mass is 127. The first-order valence-electron chi connectivity index (χ1n) is 4.06. The van der Waals surface area contributed by atoms with Crippen molar-refractivity contribution < 1.29 is 14.3 Å². The molecule has 0 spiro atoms. The first-order valence-corrected chi connectivity index (χ1v) is 6.26. The van der Waals surface area contributed by atoms with Gasteiger partial charge in [-0.1, -0.05) is 15.9 Å². The summed E-state index contributed by atoms with van der Waals surface area (Å²) in [6.45, 7) is 0. The third kappa shape index (κ3) is 2.78. The molecule has 0 aliphatic heterocycles. The molecule has 15 heavy (non-hydrogen) atoms. The third-order valence-corrected chi connectivity index (χ3v) is 3.27. The van der Waals surface area contributed by atoms with Crippen LogP contribution in [-0.4, -0.2) is 24.5 Å². The van der Waals surface area contributed by atoms with Crippen molar-refractivity contribution in [2.45, 2.75) is 0 Å². The highest BCUT2D eigenvalue weighted by Crippen LogP contribution is 2.24. The fourth-order valence-electron chi connectivity index (χ4n) is 1.13. The van der Waals surface area contributed by atoms with Crippen LogP contribution in [0.3, 0.4) is 0 Å². The Morgan fingerprint density at radius 1 is 1.60 bits per heavy atom. The lowest BCUT2D eigenvalue weighted by Gasteiger charge is -2.07. The normalized spacial score (nSPS) is 9.80. The topological polar surface area (TPSA) is 43.4 Å². The Kier molecular flexibility index (Phi) is 4.72. The average molecular weight is 383 g/mol. The van der Waals surface area contributed by atoms with Gasteiger partial charge in [-0.3, -0.25) is 9.59 Å². The van der Waals surface area contributed by atoms with Crippen molar-refractivity contribution in [1.29, 1.82) is 0 Å². The maximum atomic E-state index is 11.5. The van der Waals surface area contributed by atoms with Crippen LogP contribution in [0.2, 0.25) is 0 Å². The number of alkyl halides is 1. The monoisotopic (exact) mass is 382 g/mol. The number of Topliss-reactive ketones (excluding diaryl/α,β-unsaturated/α-hetero) is 1. The summed E-state index contributed by atoms with van der Waals surface area (Å²) in [6, 6.07) is 3.23. The Hall–Kier alpha value is -0.430. The number of methoxy groups -OCH3 is 1. The molecule has 1 aromatic carbocycles. The van der Waals surface area contributed by atoms with Gasteiger partial charge < -0.3 is 4.74 Å². The van der Waals surface area contributed by atoms with Crippen LogP contribution in [0.25, 0.3) is 0 Å². The number of ketones is 1. The van der Waals surface area contributed by atoms with Crippen LogP contribution >= 0.6 is 38.5 Å². The zero-order chi connectivity index (χ0) is 11.4. The van der Waals surface area contributed by atoms with Crippen LogP contribution in [0.15, 0.2) is 12.1 Å². The van der Waals surface area contributed by atoms with Crippen LogP contribution in [0.5, 0.6) is 5.75 Å². The molecule has 0 aliphatic carbocycles. The van der Waals surface area contributed by atoms with Gasteiger partial charge in [-0.05, 0) is 34.7 Å². The van der Waals surface area contributed by atoms with E-state index in [0.29, 0.717) is 23.2 Å². The molecule has 1 rings (SSSR count). The Balaban J connectivity index is 3.31. The van der Waals surface area contributed by atoms with E-state index in [2.05, 4.69) is 15.9 Å². The van der Waals surface area contributed by atoms with Gasteiger partial charge >= 0.3 is 0 Å². The minimum atomic E-state index is -0.0508. The van der Waals surface area contributed by atoms with Crippen molar-refractivity contribution in [2.75, 3.05) is 12.4 Å². The standard InChI is InChI=1S/C10H8BrIO3/c1-15-10-3-8(12)7(9(14)4-11)2-6(10)5-13/h2-3,5H,4H2,1H3. The molecule has 5 heteroatoms. The number of ether oxygens (including phenoxy) is 1. The summed E-state index contributed by atoms with van der Waals surface area (Å²) in [5.74, 6) is 0.436. The summed E-state index contributed by atoms with van der Waals surface area (Å²) in [6.07, 6.45) is 0.680. The van der Waals surface area contributed by atoms with Crippen molar-refractivity contribution >= 4 is 50.6 Å². The lowest BCUT2D eigenvalue weighted by molar-refractivity contribution is 0.102. The molecule has 0 saturated carbocycles. The number of halogens is 2. The van der Waals surface area contributed by atoms with Gasteiger partial charge in [0.1, 0.15) is 5.75 Å². The Morgan fingerprint density at radius 3 is 2.73 bits per heavy atom. The summed E-state index contributed by atoms with van der Waals surface area (Å²) in [7, 11) is 1.49. The van der Waals surface area contributed by atoms with Gasteiger partial charge in [0.25, 0.3) is 0 Å². The Labute approximate surface area is 109 Å². The minimum Gasteiger partial charge on any atom is -0.496 e. The number of aldehydes is 1. The van der Waals surface area contributed by atoms with E-state index >= 15 is 0 Å². The molecule has 0 aromatic heterocycles. The molecule has 0 heterocycles. The van der Waals surface area contributed by atoms with E-state index in [-0.39, 0.29) is 11.1 Å². The smallest absolute Gasteiger partial charge is 0.174 e. The van der Waals surface area contributed by atoms with Crippen LogP contribution in [-0.2, 0) is 0 Å². The van der Waals surface area contributed by atoms with Gasteiger partial charge in [0, 0.05) is 9.13 Å². The number of hydrogen-bond acceptors (Lipinski definition) is 3. The predicted molar refractivity (Wildman–Crippen MR) is 69.2 cm³/mol. The van der Waals surface area contributed by atoms with Crippen LogP contribution in [0, 0.1) is 3.57 Å². The third-order valence-electron chi connectivity index (χ3n) is 1.87. The summed E-state index contributed by atoms with van der Waals surface area (Å²) in [5.41, 5.74) is 0.928. The molecule has 0 fully saturated rings. The van der Waals surface area contributed by atoms with Gasteiger partial charge in [-0.25, -0.2) is 0 Å². The van der Waals surface area contributed by atoms with E-state index in [9.17, 15) is 9.59 Å². The highest BCUT2D eigenvalue weighted by molar-refractivity contribution is 14.1. The van der Waals surface area contributed by atoms with Gasteiger partial charge in [0.05, 0.1) is 18.0 Å². The Morgan fingerprint density at radius 2 is 2.27 bits per heavy atom. The molecular formula is C10H8BrIO3. The van der Waals surface area contributed by atoms with Crippen molar-refractivity contribution in [3.05, 3.63) is 26.8 Å². The number of benzene rings is 1. The van der Waals surface area contributed by atoms with Crippen molar-refractivity contribution in [1.82, 2.24) is 0 Å². The molecule has 0 N–H and O–H groups in total. The molecule has 0 saturated heterocycles. The molecule has 0 bridgehead atoms. The lowest BCUT2D eigenvalue weighted by Crippen LogP contribution is -2.05. The van der Waals surface area contributed by atoms with E-state index in [0.717, 1.165) is 3.57 Å². The number of rotatable bonds is 4. The van der Waals surface area contributed by atoms with Crippen molar-refractivity contribution in [2.24, 2.45) is 0 Å². The highest BCUT2D eigenvalue weighted by Gasteiger charge is 2.13. The summed E-state index contributed by atoms with van der Waals surface area (Å²) in [5, 5.41) is 0.244. The number of carbonyl (C=O) groups is 2. The van der Waals surface area contributed by atoms with E-state index in [4.69, 9.17) is 4.74 Å². The summed E-state index contributed by atoms with van der Waals surface area (Å²) < 4.78 is 5.80. The lowest BCUT2D eigenvalue weighted by atomic mass is 10.1. The van der Waals surface area contributed by atoms with Crippen LogP contribution in [0.4, 0.5) is 0 Å². The maximum Gasteiger partial charge on any atom is 0.174 e. The molecule has 0 amide bonds. The molecule has 1 aromatic rings. The first-order chi connectivity index (χ1) is 7.13. The fourth-order valence-corrected chi connectivity index (χ4v) is 2.17. The van der Waals surface area contributed by atoms with Crippen molar-refractivity contribution in [3.63, 3.8) is 0 Å². The molecule has 0 radical (unpaired) electrons. The minimum absolute atomic E-state index is 0.0508. The molecule has 0 atom stereocenters. The van der Waals surface area contributed by atoms with E-state index < -0.39 is 0 Å². The zero-order valence-corrected chi connectivity index (χ0v) is 11.7. The van der Waals surface area contributed by atoms with Crippen LogP contribution in [0.1, 0.15) is 20.7 Å². The van der Waals surface area contributed by atoms with Gasteiger partial charge in [-0.15, -0.1) is 0 Å². The largest absolute Gasteiger partial charge is 0.496 e. The molecular weight excluding hydrogens is 375 g/mol. The molecule has 80 valence electrons. The molecule has 3 nitrogen and oxygen atoms in total. The second-order valence-electron chi connectivity index (χ2n) is 2.75. The fraction of sp³-hybridized carbons (Fsp3) is 0.200. The van der Waals surface area contributed by atoms with Gasteiger partial charge in [-0.2, -0.15) is 0 Å². The number of carbonyl (C=O) groups excluding carboxylic acids is 2. The summed E-state index contributed by atoms with van der Waals surface area (Å²) >= 11 is 5.14. The van der Waals surface area contributed by atoms with Crippen LogP contribution < -0.4 is 4.74 Å². The quantitative estimate of drug-likeness (QED) is 0.348. The predicted octanol–water partition coefficient (Wildman–Crippen LogP) is 2.69. The van der Waals surface area contributed by atoms with Gasteiger partial charge in [0.15, 0.2) is 12.1 Å². The Bertz CT molecular complexity index is 404. The first kappa shape index (κ1) is 12.6. The summed E-state index contributed by atoms with van der Waals surface area (Å²) in [4.78, 5) is 22.2. The molecule has 0 unspecified atom stereocenters. The van der Waals surface area contributed by atoms with E-state index in [1.165, 1.54) is 7.11 Å².